The first kappa shape index (κ1) is 10.5. The van der Waals surface area contributed by atoms with E-state index in [0.29, 0.717) is 25.7 Å². The number of hydrogen-bond donors (Lipinski definition) is 0. The van der Waals surface area contributed by atoms with Gasteiger partial charge in [0.2, 0.25) is 0 Å². The molecule has 1 aliphatic heterocycles. The van der Waals surface area contributed by atoms with Crippen molar-refractivity contribution in [3.05, 3.63) is 29.3 Å². The molecule has 0 aliphatic carbocycles. The van der Waals surface area contributed by atoms with Crippen molar-refractivity contribution in [1.29, 1.82) is 0 Å². The third kappa shape index (κ3) is 2.32. The van der Waals surface area contributed by atoms with Gasteiger partial charge in [0.15, 0.2) is 0 Å². The van der Waals surface area contributed by atoms with Crippen molar-refractivity contribution in [2.45, 2.75) is 32.8 Å². The maximum atomic E-state index is 5.59. The van der Waals surface area contributed by atoms with Crippen molar-refractivity contribution in [2.75, 3.05) is 13.2 Å². The molecule has 2 heteroatoms. The Morgan fingerprint density at radius 3 is 3.00 bits per heavy atom. The van der Waals surface area contributed by atoms with E-state index in [1.54, 1.807) is 0 Å². The topological polar surface area (TPSA) is 18.5 Å². The zero-order chi connectivity index (χ0) is 10.7. The molecule has 1 atom stereocenters. The van der Waals surface area contributed by atoms with Crippen molar-refractivity contribution in [3.63, 3.8) is 0 Å². The van der Waals surface area contributed by atoms with E-state index in [1.807, 2.05) is 0 Å². The summed E-state index contributed by atoms with van der Waals surface area (Å²) in [7, 11) is 0. The summed E-state index contributed by atoms with van der Waals surface area (Å²) in [6, 6.07) is 6.46. The molecule has 82 valence electrons. The van der Waals surface area contributed by atoms with Crippen molar-refractivity contribution in [2.24, 2.45) is 0 Å². The molecule has 0 fully saturated rings. The van der Waals surface area contributed by atoms with Crippen molar-refractivity contribution in [1.82, 2.24) is 0 Å². The summed E-state index contributed by atoms with van der Waals surface area (Å²) in [6.07, 6.45) is 1.17. The van der Waals surface area contributed by atoms with Gasteiger partial charge >= 0.3 is 0 Å². The summed E-state index contributed by atoms with van der Waals surface area (Å²) in [4.78, 5) is 0. The Morgan fingerprint density at radius 1 is 1.33 bits per heavy atom. The van der Waals surface area contributed by atoms with Gasteiger partial charge in [0.1, 0.15) is 12.4 Å². The molecule has 1 heterocycles. The molecule has 1 unspecified atom stereocenters. The molecule has 15 heavy (non-hydrogen) atoms. The van der Waals surface area contributed by atoms with E-state index in [4.69, 9.17) is 9.47 Å². The Hall–Kier alpha value is -1.02. The van der Waals surface area contributed by atoms with Gasteiger partial charge in [0.05, 0.1) is 13.2 Å². The zero-order valence-corrected chi connectivity index (χ0v) is 9.45. The molecule has 0 spiro atoms. The lowest BCUT2D eigenvalue weighted by Gasteiger charge is -2.12. The van der Waals surface area contributed by atoms with Crippen molar-refractivity contribution in [3.8, 4) is 5.75 Å². The minimum absolute atomic E-state index is 0.610. The summed E-state index contributed by atoms with van der Waals surface area (Å²) in [6.45, 7) is 6.49. The van der Waals surface area contributed by atoms with E-state index in [2.05, 4.69) is 32.0 Å². The molecule has 1 aromatic carbocycles. The lowest BCUT2D eigenvalue weighted by Crippen LogP contribution is -2.01. The highest BCUT2D eigenvalue weighted by atomic mass is 16.5. The van der Waals surface area contributed by atoms with Gasteiger partial charge in [-0.1, -0.05) is 19.9 Å². The maximum Gasteiger partial charge on any atom is 0.124 e. The van der Waals surface area contributed by atoms with Crippen LogP contribution in [-0.2, 0) is 11.3 Å². The molecule has 1 aromatic rings. The van der Waals surface area contributed by atoms with Crippen LogP contribution in [0.4, 0.5) is 0 Å². The van der Waals surface area contributed by atoms with E-state index in [-0.39, 0.29) is 0 Å². The first-order chi connectivity index (χ1) is 7.31. The Balaban J connectivity index is 2.27. The Kier molecular flexibility index (Phi) is 3.27. The van der Waals surface area contributed by atoms with Gasteiger partial charge in [0, 0.05) is 5.56 Å². The predicted molar refractivity (Wildman–Crippen MR) is 60.3 cm³/mol. The first-order valence-corrected chi connectivity index (χ1v) is 5.64. The Bertz CT molecular complexity index is 333. The molecule has 2 rings (SSSR count). The molecule has 0 bridgehead atoms. The largest absolute Gasteiger partial charge is 0.491 e. The fraction of sp³-hybridized carbons (Fsp3) is 0.538. The van der Waals surface area contributed by atoms with Crippen LogP contribution in [0.15, 0.2) is 18.2 Å². The van der Waals surface area contributed by atoms with Crippen LogP contribution in [0, 0.1) is 0 Å². The van der Waals surface area contributed by atoms with Gasteiger partial charge in [-0.2, -0.15) is 0 Å². The molecule has 1 aliphatic rings. The molecule has 0 N–H and O–H groups in total. The highest BCUT2D eigenvalue weighted by molar-refractivity contribution is 5.38. The molecule has 0 saturated heterocycles. The summed E-state index contributed by atoms with van der Waals surface area (Å²) in [5, 5.41) is 0. The molecular weight excluding hydrogens is 188 g/mol. The first-order valence-electron chi connectivity index (χ1n) is 5.64. The summed E-state index contributed by atoms with van der Waals surface area (Å²) in [5.41, 5.74) is 2.57. The normalized spacial score (nSPS) is 17.5. The summed E-state index contributed by atoms with van der Waals surface area (Å²) >= 11 is 0. The minimum atomic E-state index is 0.610. The Morgan fingerprint density at radius 2 is 2.20 bits per heavy atom. The SMILES string of the molecule is CCC(C)c1ccc2c(c1)COCCO2. The van der Waals surface area contributed by atoms with Gasteiger partial charge in [-0.05, 0) is 30.0 Å². The highest BCUT2D eigenvalue weighted by Gasteiger charge is 2.11. The average Bonchev–Trinajstić information content (AvgIpc) is 2.51. The third-order valence-electron chi connectivity index (χ3n) is 3.01. The van der Waals surface area contributed by atoms with Crippen molar-refractivity contribution < 1.29 is 9.47 Å². The fourth-order valence-electron chi connectivity index (χ4n) is 1.79. The number of fused-ring (bicyclic) bond motifs is 1. The Labute approximate surface area is 91.2 Å². The predicted octanol–water partition coefficient (Wildman–Crippen LogP) is 3.11. The van der Waals surface area contributed by atoms with Crippen molar-refractivity contribution >= 4 is 0 Å². The van der Waals surface area contributed by atoms with Crippen LogP contribution >= 0.6 is 0 Å². The van der Waals surface area contributed by atoms with Crippen LogP contribution < -0.4 is 4.74 Å². The van der Waals surface area contributed by atoms with E-state index in [9.17, 15) is 0 Å². The fourth-order valence-corrected chi connectivity index (χ4v) is 1.79. The van der Waals surface area contributed by atoms with Crippen LogP contribution in [0.25, 0.3) is 0 Å². The standard InChI is InChI=1S/C13H18O2/c1-3-10(2)11-4-5-13-12(8-11)9-14-6-7-15-13/h4-5,8,10H,3,6-7,9H2,1-2H3. The van der Waals surface area contributed by atoms with Gasteiger partial charge in [0.25, 0.3) is 0 Å². The van der Waals surface area contributed by atoms with E-state index in [1.165, 1.54) is 17.5 Å². The highest BCUT2D eigenvalue weighted by Crippen LogP contribution is 2.27. The average molecular weight is 206 g/mol. The van der Waals surface area contributed by atoms with Crippen LogP contribution in [0.3, 0.4) is 0 Å². The van der Waals surface area contributed by atoms with Crippen LogP contribution in [0.1, 0.15) is 37.3 Å². The number of ether oxygens (including phenoxy) is 2. The molecule has 0 aromatic heterocycles. The monoisotopic (exact) mass is 206 g/mol. The van der Waals surface area contributed by atoms with Crippen LogP contribution in [0.5, 0.6) is 5.75 Å². The summed E-state index contributed by atoms with van der Waals surface area (Å²) in [5.74, 6) is 1.60. The van der Waals surface area contributed by atoms with Gasteiger partial charge < -0.3 is 9.47 Å². The van der Waals surface area contributed by atoms with Gasteiger partial charge in [-0.25, -0.2) is 0 Å². The lowest BCUT2D eigenvalue weighted by molar-refractivity contribution is 0.107. The molecular formula is C13H18O2. The zero-order valence-electron chi connectivity index (χ0n) is 9.45. The second-order valence-corrected chi connectivity index (χ2v) is 4.08. The second kappa shape index (κ2) is 4.67. The number of rotatable bonds is 2. The summed E-state index contributed by atoms with van der Waals surface area (Å²) < 4.78 is 11.1. The third-order valence-corrected chi connectivity index (χ3v) is 3.01. The van der Waals surface area contributed by atoms with Gasteiger partial charge in [-0.15, -0.1) is 0 Å². The lowest BCUT2D eigenvalue weighted by atomic mass is 9.96. The van der Waals surface area contributed by atoms with E-state index in [0.717, 1.165) is 5.75 Å². The minimum Gasteiger partial charge on any atom is -0.491 e. The van der Waals surface area contributed by atoms with Gasteiger partial charge in [-0.3, -0.25) is 0 Å². The number of hydrogen-bond acceptors (Lipinski definition) is 2. The molecule has 0 saturated carbocycles. The number of benzene rings is 1. The quantitative estimate of drug-likeness (QED) is 0.740. The van der Waals surface area contributed by atoms with Crippen LogP contribution in [0.2, 0.25) is 0 Å². The van der Waals surface area contributed by atoms with Crippen LogP contribution in [-0.4, -0.2) is 13.2 Å². The van der Waals surface area contributed by atoms with E-state index < -0.39 is 0 Å². The molecule has 0 amide bonds. The van der Waals surface area contributed by atoms with E-state index >= 15 is 0 Å². The second-order valence-electron chi connectivity index (χ2n) is 4.08. The molecule has 0 radical (unpaired) electrons. The smallest absolute Gasteiger partial charge is 0.124 e. The molecule has 2 nitrogen and oxygen atoms in total. The maximum absolute atomic E-state index is 5.59.